The van der Waals surface area contributed by atoms with Gasteiger partial charge in [-0.2, -0.15) is 0 Å². The van der Waals surface area contributed by atoms with Crippen LogP contribution in [0.4, 0.5) is 10.2 Å². The van der Waals surface area contributed by atoms with Crippen LogP contribution in [-0.2, 0) is 0 Å². The topological polar surface area (TPSA) is 61.0 Å². The van der Waals surface area contributed by atoms with Gasteiger partial charge in [-0.15, -0.1) is 0 Å². The van der Waals surface area contributed by atoms with Crippen molar-refractivity contribution in [1.82, 2.24) is 14.9 Å². The molecule has 1 aliphatic rings. The highest BCUT2D eigenvalue weighted by Gasteiger charge is 2.15. The van der Waals surface area contributed by atoms with Crippen LogP contribution in [0.2, 0.25) is 0 Å². The molecule has 1 aromatic carbocycles. The summed E-state index contributed by atoms with van der Waals surface area (Å²) in [5.41, 5.74) is 4.51. The molecule has 1 amide bonds. The lowest BCUT2D eigenvalue weighted by molar-refractivity contribution is 0.102. The zero-order chi connectivity index (χ0) is 18.1. The summed E-state index contributed by atoms with van der Waals surface area (Å²) in [5, 5.41) is 2.78. The third kappa shape index (κ3) is 3.23. The fraction of sp³-hybridized carbons (Fsp3) is 0.200. The number of carbonyl (C=O) groups excluding carboxylic acids is 1. The predicted molar refractivity (Wildman–Crippen MR) is 101 cm³/mol. The van der Waals surface area contributed by atoms with Crippen molar-refractivity contribution in [1.29, 1.82) is 0 Å². The number of hydrogen-bond acceptors (Lipinski definition) is 3. The Morgan fingerprint density at radius 1 is 1.23 bits per heavy atom. The van der Waals surface area contributed by atoms with Crippen LogP contribution in [0, 0.1) is 5.82 Å². The molecule has 0 aliphatic carbocycles. The number of rotatable bonds is 3. The van der Waals surface area contributed by atoms with E-state index in [1.165, 1.54) is 29.8 Å². The number of hydrogen-bond donors (Lipinski definition) is 2. The van der Waals surface area contributed by atoms with Crippen molar-refractivity contribution < 1.29 is 9.18 Å². The molecule has 0 spiro atoms. The zero-order valence-corrected chi connectivity index (χ0v) is 14.4. The number of benzene rings is 1. The van der Waals surface area contributed by atoms with Crippen molar-refractivity contribution in [2.45, 2.75) is 6.42 Å². The number of nitrogens with zero attached hydrogens (tertiary/aromatic N) is 2. The first-order valence-corrected chi connectivity index (χ1v) is 8.53. The largest absolute Gasteiger partial charge is 0.359 e. The minimum absolute atomic E-state index is 0.313. The average molecular weight is 350 g/mol. The Morgan fingerprint density at radius 3 is 2.77 bits per heavy atom. The van der Waals surface area contributed by atoms with E-state index in [0.29, 0.717) is 11.4 Å². The number of carbonyl (C=O) groups is 1. The summed E-state index contributed by atoms with van der Waals surface area (Å²) in [4.78, 5) is 22.5. The standard InChI is InChI=1S/C20H19FN4O/c1-25-10-8-13(9-11-25)16-12-22-17-6-7-18(23-19(16)17)24-20(26)14-2-4-15(21)5-3-14/h2-8,12,22H,9-11H2,1H3,(H,23,24,26). The number of aromatic nitrogens is 2. The van der Waals surface area contributed by atoms with Gasteiger partial charge in [-0.05, 0) is 55.4 Å². The van der Waals surface area contributed by atoms with E-state index in [1.807, 2.05) is 12.3 Å². The predicted octanol–water partition coefficient (Wildman–Crippen LogP) is 3.67. The van der Waals surface area contributed by atoms with Crippen molar-refractivity contribution in [3.63, 3.8) is 0 Å². The van der Waals surface area contributed by atoms with Gasteiger partial charge in [0.1, 0.15) is 11.6 Å². The van der Waals surface area contributed by atoms with Crippen LogP contribution in [0.1, 0.15) is 22.3 Å². The Morgan fingerprint density at radius 2 is 2.04 bits per heavy atom. The second-order valence-corrected chi connectivity index (χ2v) is 6.50. The summed E-state index contributed by atoms with van der Waals surface area (Å²) in [6, 6.07) is 9.10. The lowest BCUT2D eigenvalue weighted by atomic mass is 10.0. The maximum atomic E-state index is 13.0. The molecule has 26 heavy (non-hydrogen) atoms. The van der Waals surface area contributed by atoms with Gasteiger partial charge < -0.3 is 15.2 Å². The van der Waals surface area contributed by atoms with Crippen molar-refractivity contribution in [3.8, 4) is 0 Å². The van der Waals surface area contributed by atoms with E-state index in [-0.39, 0.29) is 11.7 Å². The van der Waals surface area contributed by atoms with Gasteiger partial charge >= 0.3 is 0 Å². The second kappa shape index (κ2) is 6.72. The highest BCUT2D eigenvalue weighted by Crippen LogP contribution is 2.28. The monoisotopic (exact) mass is 350 g/mol. The van der Waals surface area contributed by atoms with Crippen LogP contribution in [-0.4, -0.2) is 40.9 Å². The molecule has 4 rings (SSSR count). The van der Waals surface area contributed by atoms with E-state index >= 15 is 0 Å². The van der Waals surface area contributed by atoms with E-state index in [4.69, 9.17) is 0 Å². The van der Waals surface area contributed by atoms with Crippen molar-refractivity contribution >= 4 is 28.3 Å². The van der Waals surface area contributed by atoms with Crippen LogP contribution in [0.15, 0.2) is 48.7 Å². The van der Waals surface area contributed by atoms with Crippen molar-refractivity contribution in [3.05, 3.63) is 65.6 Å². The van der Waals surface area contributed by atoms with Gasteiger partial charge in [0.25, 0.3) is 5.91 Å². The number of aromatic amines is 1. The third-order valence-corrected chi connectivity index (χ3v) is 4.63. The quantitative estimate of drug-likeness (QED) is 0.758. The van der Waals surface area contributed by atoms with Gasteiger partial charge in [0.05, 0.1) is 11.0 Å². The van der Waals surface area contributed by atoms with Crippen LogP contribution in [0.25, 0.3) is 16.6 Å². The summed E-state index contributed by atoms with van der Waals surface area (Å²) in [6.45, 7) is 1.93. The fourth-order valence-electron chi connectivity index (χ4n) is 3.12. The zero-order valence-electron chi connectivity index (χ0n) is 14.4. The van der Waals surface area contributed by atoms with Gasteiger partial charge in [0, 0.05) is 30.4 Å². The molecule has 0 unspecified atom stereocenters. The molecule has 5 nitrogen and oxygen atoms in total. The van der Waals surface area contributed by atoms with Gasteiger partial charge in [0.15, 0.2) is 0 Å². The molecular formula is C20H19FN4O. The lowest BCUT2D eigenvalue weighted by Gasteiger charge is -2.21. The van der Waals surface area contributed by atoms with E-state index < -0.39 is 0 Å². The van der Waals surface area contributed by atoms with E-state index in [0.717, 1.165) is 36.1 Å². The maximum Gasteiger partial charge on any atom is 0.256 e. The number of likely N-dealkylation sites (N-methyl/N-ethyl adjacent to an activating group) is 1. The molecule has 0 saturated carbocycles. The van der Waals surface area contributed by atoms with Crippen molar-refractivity contribution in [2.24, 2.45) is 0 Å². The smallest absolute Gasteiger partial charge is 0.256 e. The molecule has 0 radical (unpaired) electrons. The van der Waals surface area contributed by atoms with Gasteiger partial charge in [0.2, 0.25) is 0 Å². The average Bonchev–Trinajstić information content (AvgIpc) is 3.06. The Kier molecular flexibility index (Phi) is 4.26. The minimum atomic E-state index is -0.371. The fourth-order valence-corrected chi connectivity index (χ4v) is 3.12. The molecule has 132 valence electrons. The van der Waals surface area contributed by atoms with Crippen LogP contribution in [0.5, 0.6) is 0 Å². The normalized spacial score (nSPS) is 15.1. The summed E-state index contributed by atoms with van der Waals surface area (Å²) < 4.78 is 13.0. The summed E-state index contributed by atoms with van der Waals surface area (Å²) in [6.07, 6.45) is 5.16. The number of anilines is 1. The van der Waals surface area contributed by atoms with Crippen LogP contribution >= 0.6 is 0 Å². The number of pyridine rings is 1. The molecule has 3 heterocycles. The molecule has 3 aromatic rings. The third-order valence-electron chi connectivity index (χ3n) is 4.63. The number of H-pyrrole nitrogens is 1. The van der Waals surface area contributed by atoms with Crippen LogP contribution in [0.3, 0.4) is 0 Å². The summed E-state index contributed by atoms with van der Waals surface area (Å²) in [5.74, 6) is -0.210. The lowest BCUT2D eigenvalue weighted by Crippen LogP contribution is -2.23. The van der Waals surface area contributed by atoms with E-state index in [1.54, 1.807) is 6.07 Å². The first-order valence-electron chi connectivity index (χ1n) is 8.53. The number of halogens is 1. The summed E-state index contributed by atoms with van der Waals surface area (Å²) in [7, 11) is 2.10. The van der Waals surface area contributed by atoms with Crippen molar-refractivity contribution in [2.75, 3.05) is 25.5 Å². The molecular weight excluding hydrogens is 331 g/mol. The molecule has 2 aromatic heterocycles. The molecule has 0 bridgehead atoms. The minimum Gasteiger partial charge on any atom is -0.359 e. The molecule has 2 N–H and O–H groups in total. The Labute approximate surface area is 150 Å². The Hall–Kier alpha value is -2.99. The molecule has 0 atom stereocenters. The molecule has 6 heteroatoms. The first-order chi connectivity index (χ1) is 12.6. The van der Waals surface area contributed by atoms with Gasteiger partial charge in [-0.25, -0.2) is 9.37 Å². The first kappa shape index (κ1) is 16.5. The van der Waals surface area contributed by atoms with Gasteiger partial charge in [-0.1, -0.05) is 6.08 Å². The Bertz CT molecular complexity index is 991. The molecule has 1 aliphatic heterocycles. The highest BCUT2D eigenvalue weighted by atomic mass is 19.1. The van der Waals surface area contributed by atoms with Crippen LogP contribution < -0.4 is 5.32 Å². The van der Waals surface area contributed by atoms with E-state index in [2.05, 4.69) is 33.3 Å². The van der Waals surface area contributed by atoms with Gasteiger partial charge in [-0.3, -0.25) is 4.79 Å². The highest BCUT2D eigenvalue weighted by molar-refractivity contribution is 6.04. The van der Waals surface area contributed by atoms with E-state index in [9.17, 15) is 9.18 Å². The SMILES string of the molecule is CN1CC=C(c2c[nH]c3ccc(NC(=O)c4ccc(F)cc4)nc23)CC1. The molecule has 0 saturated heterocycles. The summed E-state index contributed by atoms with van der Waals surface area (Å²) >= 11 is 0. The Balaban J connectivity index is 1.62. The number of amides is 1. The number of fused-ring (bicyclic) bond motifs is 1. The second-order valence-electron chi connectivity index (χ2n) is 6.50. The number of nitrogens with one attached hydrogen (secondary N) is 2. The molecule has 0 fully saturated rings. The maximum absolute atomic E-state index is 13.0.